The summed E-state index contributed by atoms with van der Waals surface area (Å²) in [7, 11) is 1.16. The zero-order valence-electron chi connectivity index (χ0n) is 13.3. The van der Waals surface area contributed by atoms with Crippen LogP contribution in [-0.2, 0) is 16.1 Å². The molecule has 0 aliphatic carbocycles. The van der Waals surface area contributed by atoms with E-state index in [1.165, 1.54) is 0 Å². The molecular weight excluding hydrogens is 324 g/mol. The number of benzene rings is 2. The van der Waals surface area contributed by atoms with Crippen LogP contribution in [0, 0.1) is 5.21 Å². The minimum Gasteiger partial charge on any atom is -0.618 e. The number of nitrogens with zero attached hydrogens (tertiary/aromatic N) is 2. The minimum absolute atomic E-state index is 0.0323. The summed E-state index contributed by atoms with van der Waals surface area (Å²) in [5.74, 6) is -1.43. The van der Waals surface area contributed by atoms with E-state index in [4.69, 9.17) is 4.74 Å². The van der Waals surface area contributed by atoms with Crippen molar-refractivity contribution in [3.63, 3.8) is 0 Å². The molecule has 126 valence electrons. The molecule has 0 unspecified atom stereocenters. The van der Waals surface area contributed by atoms with Gasteiger partial charge in [0.1, 0.15) is 12.1 Å². The number of carbonyl (C=O) groups excluding carboxylic acids is 2. The van der Waals surface area contributed by atoms with Crippen LogP contribution in [0.2, 0.25) is 0 Å². The highest BCUT2D eigenvalue weighted by Gasteiger charge is 2.27. The van der Waals surface area contributed by atoms with Gasteiger partial charge in [-0.05, 0) is 18.2 Å². The van der Waals surface area contributed by atoms with Gasteiger partial charge in [0.15, 0.2) is 5.69 Å². The van der Waals surface area contributed by atoms with E-state index in [0.717, 1.165) is 7.11 Å². The van der Waals surface area contributed by atoms with Gasteiger partial charge >= 0.3 is 17.6 Å². The van der Waals surface area contributed by atoms with E-state index >= 15 is 0 Å². The summed E-state index contributed by atoms with van der Waals surface area (Å²) >= 11 is 0. The van der Waals surface area contributed by atoms with Gasteiger partial charge in [-0.15, -0.1) is 0 Å². The fourth-order valence-electron chi connectivity index (χ4n) is 2.36. The molecule has 0 radical (unpaired) electrons. The molecule has 0 atom stereocenters. The lowest BCUT2D eigenvalue weighted by molar-refractivity contribution is -0.581. The van der Waals surface area contributed by atoms with Gasteiger partial charge in [0.05, 0.1) is 12.7 Å². The number of fused-ring (bicyclic) bond motifs is 1. The zero-order valence-corrected chi connectivity index (χ0v) is 13.3. The average molecular weight is 338 g/mol. The first-order valence-electron chi connectivity index (χ1n) is 7.43. The molecule has 7 heteroatoms. The molecule has 0 aliphatic heterocycles. The monoisotopic (exact) mass is 338 g/mol. The number of ether oxygens (including phenoxy) is 2. The smallest absolute Gasteiger partial charge is 0.406 e. The molecule has 0 aliphatic rings. The number of para-hydroxylation sites is 2. The lowest BCUT2D eigenvalue weighted by Gasteiger charge is -2.11. The largest absolute Gasteiger partial charge is 0.618 e. The Morgan fingerprint density at radius 3 is 2.44 bits per heavy atom. The molecule has 25 heavy (non-hydrogen) atoms. The predicted octanol–water partition coefficient (Wildman–Crippen LogP) is 2.01. The number of methoxy groups -OCH3 is 1. The molecule has 0 N–H and O–H groups in total. The van der Waals surface area contributed by atoms with Crippen LogP contribution in [0.5, 0.6) is 0 Å². The highest BCUT2D eigenvalue weighted by atomic mass is 16.5. The molecule has 0 saturated carbocycles. The molecule has 0 amide bonds. The Hall–Kier alpha value is -3.48. The molecule has 3 aromatic rings. The SMILES string of the molecule is COC(=O)c1c(COC(=O)c2ccccc2)nc2ccccc2[n+]1[O-]. The third-order valence-corrected chi connectivity index (χ3v) is 3.56. The zero-order chi connectivity index (χ0) is 17.8. The highest BCUT2D eigenvalue weighted by Crippen LogP contribution is 2.14. The van der Waals surface area contributed by atoms with Crippen LogP contribution in [0.1, 0.15) is 26.5 Å². The Kier molecular flexibility index (Phi) is 4.56. The summed E-state index contributed by atoms with van der Waals surface area (Å²) in [6, 6.07) is 14.9. The van der Waals surface area contributed by atoms with E-state index < -0.39 is 11.9 Å². The maximum atomic E-state index is 12.5. The van der Waals surface area contributed by atoms with E-state index in [-0.39, 0.29) is 23.5 Å². The maximum Gasteiger partial charge on any atom is 0.406 e. The fourth-order valence-corrected chi connectivity index (χ4v) is 2.36. The third kappa shape index (κ3) is 3.25. The molecule has 0 spiro atoms. The molecule has 1 heterocycles. The van der Waals surface area contributed by atoms with E-state index in [2.05, 4.69) is 9.72 Å². The molecule has 1 aromatic heterocycles. The van der Waals surface area contributed by atoms with E-state index in [1.807, 2.05) is 0 Å². The Morgan fingerprint density at radius 2 is 1.72 bits per heavy atom. The van der Waals surface area contributed by atoms with Crippen LogP contribution < -0.4 is 4.73 Å². The van der Waals surface area contributed by atoms with Crippen molar-refractivity contribution in [2.24, 2.45) is 0 Å². The summed E-state index contributed by atoms with van der Waals surface area (Å²) in [4.78, 5) is 28.3. The molecule has 2 aromatic carbocycles. The summed E-state index contributed by atoms with van der Waals surface area (Å²) in [5.41, 5.74) is 0.696. The van der Waals surface area contributed by atoms with Crippen LogP contribution in [0.3, 0.4) is 0 Å². The number of hydrogen-bond acceptors (Lipinski definition) is 6. The van der Waals surface area contributed by atoms with Crippen molar-refractivity contribution in [2.45, 2.75) is 6.61 Å². The topological polar surface area (TPSA) is 92.4 Å². The number of rotatable bonds is 4. The van der Waals surface area contributed by atoms with Gasteiger partial charge in [0.25, 0.3) is 0 Å². The summed E-state index contributed by atoms with van der Waals surface area (Å²) < 4.78 is 10.3. The molecule has 3 rings (SSSR count). The standard InChI is InChI=1S/C18H14N2O5/c1-24-18(22)16-14(11-25-17(21)12-7-3-2-4-8-12)19-13-9-5-6-10-15(13)20(16)23/h2-10H,11H2,1H3. The fraction of sp³-hybridized carbons (Fsp3) is 0.111. The number of hydrogen-bond donors (Lipinski definition) is 0. The second-order valence-electron chi connectivity index (χ2n) is 5.12. The van der Waals surface area contributed by atoms with Gasteiger partial charge < -0.3 is 14.7 Å². The van der Waals surface area contributed by atoms with Crippen molar-refractivity contribution in [3.05, 3.63) is 76.8 Å². The Bertz CT molecular complexity index is 941. The van der Waals surface area contributed by atoms with Gasteiger partial charge in [0, 0.05) is 6.07 Å². The first kappa shape index (κ1) is 16.4. The van der Waals surface area contributed by atoms with Crippen LogP contribution in [-0.4, -0.2) is 24.0 Å². The summed E-state index contributed by atoms with van der Waals surface area (Å²) in [6.45, 7) is -0.328. The first-order valence-corrected chi connectivity index (χ1v) is 7.43. The lowest BCUT2D eigenvalue weighted by atomic mass is 10.2. The predicted molar refractivity (Wildman–Crippen MR) is 87.6 cm³/mol. The Morgan fingerprint density at radius 1 is 1.04 bits per heavy atom. The van der Waals surface area contributed by atoms with Gasteiger partial charge in [0.2, 0.25) is 5.52 Å². The molecule has 0 saturated heterocycles. The quantitative estimate of drug-likeness (QED) is 0.410. The van der Waals surface area contributed by atoms with Crippen molar-refractivity contribution in [1.29, 1.82) is 0 Å². The Labute approximate surface area is 143 Å². The maximum absolute atomic E-state index is 12.5. The van der Waals surface area contributed by atoms with Crippen LogP contribution >= 0.6 is 0 Å². The Balaban J connectivity index is 1.97. The van der Waals surface area contributed by atoms with Gasteiger partial charge in [-0.2, -0.15) is 4.73 Å². The second-order valence-corrected chi connectivity index (χ2v) is 5.12. The van der Waals surface area contributed by atoms with Crippen LogP contribution in [0.25, 0.3) is 11.0 Å². The number of esters is 2. The summed E-state index contributed by atoms with van der Waals surface area (Å²) in [6.07, 6.45) is 0. The van der Waals surface area contributed by atoms with Gasteiger partial charge in [-0.3, -0.25) is 0 Å². The van der Waals surface area contributed by atoms with Crippen molar-refractivity contribution in [3.8, 4) is 0 Å². The van der Waals surface area contributed by atoms with E-state index in [9.17, 15) is 14.8 Å². The highest BCUT2D eigenvalue weighted by molar-refractivity contribution is 5.90. The van der Waals surface area contributed by atoms with Crippen LogP contribution in [0.15, 0.2) is 54.6 Å². The summed E-state index contributed by atoms with van der Waals surface area (Å²) in [5, 5.41) is 12.5. The molecule has 0 bridgehead atoms. The minimum atomic E-state index is -0.848. The number of carbonyl (C=O) groups is 2. The molecule has 7 nitrogen and oxygen atoms in total. The number of aromatic nitrogens is 2. The van der Waals surface area contributed by atoms with Crippen molar-refractivity contribution in [1.82, 2.24) is 4.98 Å². The van der Waals surface area contributed by atoms with Crippen molar-refractivity contribution < 1.29 is 23.8 Å². The van der Waals surface area contributed by atoms with E-state index in [1.54, 1.807) is 54.6 Å². The van der Waals surface area contributed by atoms with Crippen molar-refractivity contribution >= 4 is 23.0 Å². The van der Waals surface area contributed by atoms with Gasteiger partial charge in [-0.1, -0.05) is 30.3 Å². The van der Waals surface area contributed by atoms with E-state index in [0.29, 0.717) is 15.8 Å². The van der Waals surface area contributed by atoms with Crippen LogP contribution in [0.4, 0.5) is 0 Å². The molecular formula is C18H14N2O5. The third-order valence-electron chi connectivity index (χ3n) is 3.56. The molecule has 0 fully saturated rings. The average Bonchev–Trinajstić information content (AvgIpc) is 2.66. The second kappa shape index (κ2) is 6.96. The normalized spacial score (nSPS) is 10.4. The lowest BCUT2D eigenvalue weighted by Crippen LogP contribution is -2.38. The first-order chi connectivity index (χ1) is 12.1. The van der Waals surface area contributed by atoms with Gasteiger partial charge in [-0.25, -0.2) is 14.6 Å². The van der Waals surface area contributed by atoms with Crippen molar-refractivity contribution in [2.75, 3.05) is 7.11 Å².